The van der Waals surface area contributed by atoms with Crippen molar-refractivity contribution in [2.24, 2.45) is 0 Å². The number of ether oxygens (including phenoxy) is 1. The Hall–Kier alpha value is -3.40. The molecule has 29 heavy (non-hydrogen) atoms. The first-order chi connectivity index (χ1) is 14.1. The molecule has 1 fully saturated rings. The number of carbonyl (C=O) groups is 2. The lowest BCUT2D eigenvalue weighted by molar-refractivity contribution is 0.0276. The molecule has 4 heteroatoms. The highest BCUT2D eigenvalue weighted by molar-refractivity contribution is 5.92. The quantitative estimate of drug-likeness (QED) is 0.607. The van der Waals surface area contributed by atoms with Crippen molar-refractivity contribution in [3.63, 3.8) is 0 Å². The standard InChI is InChI=1S/C25H22O4/c26-24(27)19-11-13-20(14-12-19)25(28)29-23-16-21(17-7-3-1-4-8-17)15-22(23)18-9-5-2-6-10-18/h1-14,21-23H,15-16H2,(H,26,27). The fourth-order valence-corrected chi connectivity index (χ4v) is 4.13. The summed E-state index contributed by atoms with van der Waals surface area (Å²) in [5.74, 6) is -0.977. The van der Waals surface area contributed by atoms with Gasteiger partial charge in [-0.1, -0.05) is 60.7 Å². The first kappa shape index (κ1) is 18.9. The van der Waals surface area contributed by atoms with E-state index in [-0.39, 0.29) is 17.6 Å². The molecule has 0 spiro atoms. The zero-order valence-corrected chi connectivity index (χ0v) is 15.9. The van der Waals surface area contributed by atoms with E-state index in [1.807, 2.05) is 36.4 Å². The fourth-order valence-electron chi connectivity index (χ4n) is 4.13. The largest absolute Gasteiger partial charge is 0.478 e. The average Bonchev–Trinajstić information content (AvgIpc) is 3.19. The summed E-state index contributed by atoms with van der Waals surface area (Å²) in [4.78, 5) is 23.7. The van der Waals surface area contributed by atoms with Gasteiger partial charge in [-0.2, -0.15) is 0 Å². The van der Waals surface area contributed by atoms with Crippen LogP contribution < -0.4 is 0 Å². The fraction of sp³-hybridized carbons (Fsp3) is 0.200. The normalized spacial score (nSPS) is 20.9. The number of esters is 1. The molecule has 0 saturated heterocycles. The van der Waals surface area contributed by atoms with Crippen LogP contribution in [0.4, 0.5) is 0 Å². The Morgan fingerprint density at radius 2 is 1.28 bits per heavy atom. The Kier molecular flexibility index (Phi) is 5.43. The molecule has 0 aromatic heterocycles. The van der Waals surface area contributed by atoms with Gasteiger partial charge in [0.15, 0.2) is 0 Å². The molecule has 3 atom stereocenters. The van der Waals surface area contributed by atoms with Gasteiger partial charge in [0.25, 0.3) is 0 Å². The number of carboxylic acids is 1. The summed E-state index contributed by atoms with van der Waals surface area (Å²) in [5.41, 5.74) is 2.95. The van der Waals surface area contributed by atoms with E-state index in [9.17, 15) is 9.59 Å². The van der Waals surface area contributed by atoms with Crippen molar-refractivity contribution in [1.29, 1.82) is 0 Å². The molecule has 1 aliphatic rings. The van der Waals surface area contributed by atoms with Crippen molar-refractivity contribution in [3.8, 4) is 0 Å². The van der Waals surface area contributed by atoms with E-state index < -0.39 is 11.9 Å². The molecular formula is C25H22O4. The van der Waals surface area contributed by atoms with Crippen LogP contribution in [0.3, 0.4) is 0 Å². The average molecular weight is 386 g/mol. The second-order valence-electron chi connectivity index (χ2n) is 7.42. The summed E-state index contributed by atoms with van der Waals surface area (Å²) in [6, 6.07) is 26.4. The summed E-state index contributed by atoms with van der Waals surface area (Å²) in [6.07, 6.45) is 1.46. The van der Waals surface area contributed by atoms with E-state index in [1.165, 1.54) is 35.4 Å². The zero-order chi connectivity index (χ0) is 20.2. The lowest BCUT2D eigenvalue weighted by Crippen LogP contribution is -2.21. The number of benzene rings is 3. The van der Waals surface area contributed by atoms with Gasteiger partial charge < -0.3 is 9.84 Å². The number of hydrogen-bond acceptors (Lipinski definition) is 3. The van der Waals surface area contributed by atoms with Crippen LogP contribution in [0.25, 0.3) is 0 Å². The van der Waals surface area contributed by atoms with Crippen molar-refractivity contribution in [3.05, 3.63) is 107 Å². The van der Waals surface area contributed by atoms with Crippen molar-refractivity contribution in [2.75, 3.05) is 0 Å². The van der Waals surface area contributed by atoms with Gasteiger partial charge >= 0.3 is 11.9 Å². The molecule has 3 aromatic rings. The molecule has 146 valence electrons. The molecule has 0 heterocycles. The van der Waals surface area contributed by atoms with Gasteiger partial charge in [-0.3, -0.25) is 0 Å². The predicted octanol–water partition coefficient (Wildman–Crippen LogP) is 5.27. The van der Waals surface area contributed by atoms with E-state index in [1.54, 1.807) is 0 Å². The maximum absolute atomic E-state index is 12.7. The molecule has 3 aromatic carbocycles. The Balaban J connectivity index is 1.55. The van der Waals surface area contributed by atoms with Crippen LogP contribution >= 0.6 is 0 Å². The van der Waals surface area contributed by atoms with Crippen LogP contribution in [-0.4, -0.2) is 23.1 Å². The van der Waals surface area contributed by atoms with E-state index in [0.717, 1.165) is 12.8 Å². The number of carboxylic acid groups (broad SMARTS) is 1. The maximum atomic E-state index is 12.7. The third kappa shape index (κ3) is 4.21. The molecule has 1 saturated carbocycles. The molecule has 1 aliphatic carbocycles. The van der Waals surface area contributed by atoms with E-state index in [4.69, 9.17) is 9.84 Å². The van der Waals surface area contributed by atoms with E-state index >= 15 is 0 Å². The summed E-state index contributed by atoms with van der Waals surface area (Å²) in [7, 11) is 0. The van der Waals surface area contributed by atoms with Gasteiger partial charge in [0.2, 0.25) is 0 Å². The topological polar surface area (TPSA) is 63.6 Å². The van der Waals surface area contributed by atoms with Gasteiger partial charge in [-0.15, -0.1) is 0 Å². The van der Waals surface area contributed by atoms with Gasteiger partial charge in [0.1, 0.15) is 6.10 Å². The highest BCUT2D eigenvalue weighted by atomic mass is 16.5. The zero-order valence-electron chi connectivity index (χ0n) is 15.9. The number of carbonyl (C=O) groups excluding carboxylic acids is 1. The highest BCUT2D eigenvalue weighted by Crippen LogP contribution is 2.45. The van der Waals surface area contributed by atoms with Crippen molar-refractivity contribution >= 4 is 11.9 Å². The number of rotatable bonds is 5. The SMILES string of the molecule is O=C(O)c1ccc(C(=O)OC2CC(c3ccccc3)CC2c2ccccc2)cc1. The molecule has 4 rings (SSSR count). The second-order valence-corrected chi connectivity index (χ2v) is 7.42. The number of hydrogen-bond donors (Lipinski definition) is 1. The smallest absolute Gasteiger partial charge is 0.338 e. The Morgan fingerprint density at radius 1 is 0.724 bits per heavy atom. The van der Waals surface area contributed by atoms with Crippen LogP contribution in [0.2, 0.25) is 0 Å². The molecule has 3 unspecified atom stereocenters. The molecule has 4 nitrogen and oxygen atoms in total. The van der Waals surface area contributed by atoms with Crippen molar-refractivity contribution in [2.45, 2.75) is 30.8 Å². The van der Waals surface area contributed by atoms with Gasteiger partial charge in [-0.25, -0.2) is 9.59 Å². The highest BCUT2D eigenvalue weighted by Gasteiger charge is 2.38. The number of aromatic carboxylic acids is 1. The lowest BCUT2D eigenvalue weighted by Gasteiger charge is -2.20. The van der Waals surface area contributed by atoms with Crippen LogP contribution in [-0.2, 0) is 4.74 Å². The van der Waals surface area contributed by atoms with Crippen LogP contribution in [0.1, 0.15) is 56.5 Å². The summed E-state index contributed by atoms with van der Waals surface area (Å²) >= 11 is 0. The van der Waals surface area contributed by atoms with Gasteiger partial charge in [0.05, 0.1) is 11.1 Å². The first-order valence-corrected chi connectivity index (χ1v) is 9.76. The molecule has 0 aliphatic heterocycles. The molecule has 0 bridgehead atoms. The van der Waals surface area contributed by atoms with Gasteiger partial charge in [-0.05, 0) is 54.2 Å². The first-order valence-electron chi connectivity index (χ1n) is 9.76. The second kappa shape index (κ2) is 8.31. The predicted molar refractivity (Wildman–Crippen MR) is 110 cm³/mol. The van der Waals surface area contributed by atoms with Crippen LogP contribution in [0, 0.1) is 0 Å². The van der Waals surface area contributed by atoms with Crippen molar-refractivity contribution in [1.82, 2.24) is 0 Å². The minimum atomic E-state index is -1.02. The lowest BCUT2D eigenvalue weighted by atomic mass is 9.93. The van der Waals surface area contributed by atoms with Crippen molar-refractivity contribution < 1.29 is 19.4 Å². The Morgan fingerprint density at radius 3 is 1.86 bits per heavy atom. The summed E-state index contributed by atoms with van der Waals surface area (Å²) in [5, 5.41) is 9.03. The minimum absolute atomic E-state index is 0.128. The third-order valence-corrected chi connectivity index (χ3v) is 5.63. The summed E-state index contributed by atoms with van der Waals surface area (Å²) < 4.78 is 5.93. The molecule has 0 radical (unpaired) electrons. The minimum Gasteiger partial charge on any atom is -0.478 e. The van der Waals surface area contributed by atoms with E-state index in [2.05, 4.69) is 24.3 Å². The Bertz CT molecular complexity index is 980. The maximum Gasteiger partial charge on any atom is 0.338 e. The van der Waals surface area contributed by atoms with Crippen LogP contribution in [0.15, 0.2) is 84.9 Å². The Labute approximate surface area is 169 Å². The summed E-state index contributed by atoms with van der Waals surface area (Å²) in [6.45, 7) is 0. The van der Waals surface area contributed by atoms with E-state index in [0.29, 0.717) is 11.5 Å². The van der Waals surface area contributed by atoms with Gasteiger partial charge in [0, 0.05) is 5.92 Å². The third-order valence-electron chi connectivity index (χ3n) is 5.63. The monoisotopic (exact) mass is 386 g/mol. The molecule has 0 amide bonds. The molecular weight excluding hydrogens is 364 g/mol. The molecule has 1 N–H and O–H groups in total. The van der Waals surface area contributed by atoms with Crippen LogP contribution in [0.5, 0.6) is 0 Å².